The molecule has 0 aromatic heterocycles. The fourth-order valence-electron chi connectivity index (χ4n) is 2.07. The molecule has 10 nitrogen and oxygen atoms in total. The van der Waals surface area contributed by atoms with Gasteiger partial charge in [0.25, 0.3) is 5.91 Å². The summed E-state index contributed by atoms with van der Waals surface area (Å²) in [5, 5.41) is 13.0. The summed E-state index contributed by atoms with van der Waals surface area (Å²) in [6.45, 7) is 0.0212. The molecule has 0 bridgehead atoms. The number of aliphatic imine (C=N–C) groups is 1. The Kier molecular flexibility index (Phi) is 6.95. The summed E-state index contributed by atoms with van der Waals surface area (Å²) in [7, 11) is 1.50. The molecule has 0 radical (unpaired) electrons. The lowest BCUT2D eigenvalue weighted by atomic mass is 10.1. The van der Waals surface area contributed by atoms with E-state index in [1.165, 1.54) is 11.9 Å². The molecule has 0 unspecified atom stereocenters. The second kappa shape index (κ2) is 8.70. The third kappa shape index (κ3) is 5.91. The minimum atomic E-state index is -0.838. The highest BCUT2D eigenvalue weighted by atomic mass is 16.2. The van der Waals surface area contributed by atoms with Crippen LogP contribution >= 0.6 is 0 Å². The molecule has 10 heteroatoms. The Labute approximate surface area is 133 Å². The Morgan fingerprint density at radius 1 is 1.61 bits per heavy atom. The molecule has 0 saturated carbocycles. The average molecular weight is 323 g/mol. The lowest BCUT2D eigenvalue weighted by molar-refractivity contribution is -0.138. The number of hydrogen-bond acceptors (Lipinski definition) is 6. The summed E-state index contributed by atoms with van der Waals surface area (Å²) in [5.41, 5.74) is 10.8. The Balaban J connectivity index is 2.53. The topological polar surface area (TPSA) is 167 Å². The molecule has 2 atom stereocenters. The summed E-state index contributed by atoms with van der Waals surface area (Å²) >= 11 is 0. The smallest absolute Gasteiger partial charge is 0.318 e. The van der Waals surface area contributed by atoms with Crippen molar-refractivity contribution in [2.45, 2.75) is 37.8 Å². The maximum atomic E-state index is 12.2. The molecule has 6 N–H and O–H groups in total. The largest absolute Gasteiger partial charge is 0.351 e. The van der Waals surface area contributed by atoms with Gasteiger partial charge in [0.05, 0.1) is 12.6 Å². The third-order valence-corrected chi connectivity index (χ3v) is 3.37. The number of carbonyl (C=O) groups is 3. The summed E-state index contributed by atoms with van der Waals surface area (Å²) in [6.07, 6.45) is 1.68. The first-order valence-corrected chi connectivity index (χ1v) is 7.15. The second-order valence-corrected chi connectivity index (χ2v) is 5.20. The highest BCUT2D eigenvalue weighted by molar-refractivity contribution is 6.07. The Morgan fingerprint density at radius 2 is 2.30 bits per heavy atom. The molecule has 0 fully saturated rings. The van der Waals surface area contributed by atoms with E-state index in [2.05, 4.69) is 15.6 Å². The van der Waals surface area contributed by atoms with Gasteiger partial charge in [-0.1, -0.05) is 0 Å². The SMILES string of the molecule is CN(C(=O)C[C@@H](N)CCCC#N)[C@H]1CN=C(NC(N)=O)NC1=O. The van der Waals surface area contributed by atoms with E-state index in [1.54, 1.807) is 0 Å². The van der Waals surface area contributed by atoms with Crippen molar-refractivity contribution < 1.29 is 14.4 Å². The van der Waals surface area contributed by atoms with Crippen molar-refractivity contribution >= 4 is 23.8 Å². The van der Waals surface area contributed by atoms with Crippen LogP contribution in [0.2, 0.25) is 0 Å². The van der Waals surface area contributed by atoms with Crippen LogP contribution in [0.5, 0.6) is 0 Å². The van der Waals surface area contributed by atoms with Crippen LogP contribution in [0.1, 0.15) is 25.7 Å². The molecule has 0 saturated heterocycles. The number of likely N-dealkylation sites (N-methyl/N-ethyl adjacent to an activating group) is 1. The monoisotopic (exact) mass is 323 g/mol. The van der Waals surface area contributed by atoms with Crippen LogP contribution in [-0.4, -0.2) is 54.4 Å². The Morgan fingerprint density at radius 3 is 2.87 bits per heavy atom. The first-order chi connectivity index (χ1) is 10.8. The van der Waals surface area contributed by atoms with Crippen LogP contribution in [0.25, 0.3) is 0 Å². The van der Waals surface area contributed by atoms with Gasteiger partial charge in [-0.3, -0.25) is 20.2 Å². The number of nitriles is 1. The zero-order valence-corrected chi connectivity index (χ0v) is 12.9. The first kappa shape index (κ1) is 18.4. The number of carbonyl (C=O) groups excluding carboxylic acids is 3. The van der Waals surface area contributed by atoms with E-state index in [1.807, 2.05) is 6.07 Å². The molecule has 23 heavy (non-hydrogen) atoms. The van der Waals surface area contributed by atoms with E-state index in [4.69, 9.17) is 16.7 Å². The van der Waals surface area contributed by atoms with Gasteiger partial charge in [0, 0.05) is 25.9 Å². The molecule has 126 valence electrons. The number of primary amides is 1. The molecule has 0 aromatic rings. The summed E-state index contributed by atoms with van der Waals surface area (Å²) in [4.78, 5) is 40.1. The normalized spacial score (nSPS) is 18.2. The summed E-state index contributed by atoms with van der Waals surface area (Å²) < 4.78 is 0. The van der Waals surface area contributed by atoms with Crippen LogP contribution in [-0.2, 0) is 9.59 Å². The molecule has 1 rings (SSSR count). The zero-order valence-electron chi connectivity index (χ0n) is 12.9. The van der Waals surface area contributed by atoms with Gasteiger partial charge in [-0.2, -0.15) is 5.26 Å². The van der Waals surface area contributed by atoms with Crippen molar-refractivity contribution in [2.24, 2.45) is 16.5 Å². The van der Waals surface area contributed by atoms with Crippen molar-refractivity contribution in [1.82, 2.24) is 15.5 Å². The van der Waals surface area contributed by atoms with E-state index in [0.29, 0.717) is 19.3 Å². The van der Waals surface area contributed by atoms with Gasteiger partial charge >= 0.3 is 6.03 Å². The molecular formula is C13H21N7O3. The fourth-order valence-corrected chi connectivity index (χ4v) is 2.07. The van der Waals surface area contributed by atoms with E-state index >= 15 is 0 Å². The average Bonchev–Trinajstić information content (AvgIpc) is 2.46. The predicted molar refractivity (Wildman–Crippen MR) is 81.8 cm³/mol. The molecule has 4 amide bonds. The van der Waals surface area contributed by atoms with Crippen LogP contribution in [0, 0.1) is 11.3 Å². The van der Waals surface area contributed by atoms with Crippen molar-refractivity contribution in [3.63, 3.8) is 0 Å². The molecule has 1 aliphatic rings. The number of amides is 4. The summed E-state index contributed by atoms with van der Waals surface area (Å²) in [5.74, 6) is -0.776. The lowest BCUT2D eigenvalue weighted by Gasteiger charge is -2.30. The zero-order chi connectivity index (χ0) is 17.4. The molecule has 1 aliphatic heterocycles. The highest BCUT2D eigenvalue weighted by Gasteiger charge is 2.31. The number of nitrogens with two attached hydrogens (primary N) is 2. The number of nitrogens with one attached hydrogen (secondary N) is 2. The van der Waals surface area contributed by atoms with Crippen molar-refractivity contribution in [3.05, 3.63) is 0 Å². The van der Waals surface area contributed by atoms with Gasteiger partial charge in [-0.15, -0.1) is 0 Å². The predicted octanol–water partition coefficient (Wildman–Crippen LogP) is -1.62. The minimum absolute atomic E-state index is 0.0212. The number of hydrogen-bond donors (Lipinski definition) is 4. The Hall–Kier alpha value is -2.67. The molecule has 0 spiro atoms. The van der Waals surface area contributed by atoms with Crippen LogP contribution < -0.4 is 22.1 Å². The third-order valence-electron chi connectivity index (χ3n) is 3.37. The van der Waals surface area contributed by atoms with Crippen molar-refractivity contribution in [2.75, 3.05) is 13.6 Å². The fraction of sp³-hybridized carbons (Fsp3) is 0.615. The van der Waals surface area contributed by atoms with Gasteiger partial charge < -0.3 is 16.4 Å². The summed E-state index contributed by atoms with van der Waals surface area (Å²) in [6, 6.07) is 0.0475. The minimum Gasteiger partial charge on any atom is -0.351 e. The van der Waals surface area contributed by atoms with Gasteiger partial charge in [0.15, 0.2) is 0 Å². The van der Waals surface area contributed by atoms with Crippen LogP contribution in [0.15, 0.2) is 4.99 Å². The van der Waals surface area contributed by atoms with E-state index < -0.39 is 18.0 Å². The highest BCUT2D eigenvalue weighted by Crippen LogP contribution is 2.08. The maximum absolute atomic E-state index is 12.2. The molecule has 1 heterocycles. The van der Waals surface area contributed by atoms with Crippen molar-refractivity contribution in [1.29, 1.82) is 5.26 Å². The Bertz CT molecular complexity index is 540. The lowest BCUT2D eigenvalue weighted by Crippen LogP contribution is -2.58. The number of urea groups is 1. The molecule has 0 aliphatic carbocycles. The maximum Gasteiger partial charge on any atom is 0.318 e. The first-order valence-electron chi connectivity index (χ1n) is 7.15. The quantitative estimate of drug-likeness (QED) is 0.430. The number of rotatable bonds is 6. The van der Waals surface area contributed by atoms with Gasteiger partial charge in [-0.05, 0) is 12.8 Å². The van der Waals surface area contributed by atoms with Crippen LogP contribution in [0.3, 0.4) is 0 Å². The van der Waals surface area contributed by atoms with E-state index in [-0.39, 0.29) is 30.9 Å². The number of guanidine groups is 1. The van der Waals surface area contributed by atoms with Crippen molar-refractivity contribution in [3.8, 4) is 6.07 Å². The molecular weight excluding hydrogens is 302 g/mol. The molecule has 0 aromatic carbocycles. The van der Waals surface area contributed by atoms with E-state index in [0.717, 1.165) is 0 Å². The van der Waals surface area contributed by atoms with Gasteiger partial charge in [0.2, 0.25) is 11.9 Å². The number of unbranched alkanes of at least 4 members (excludes halogenated alkanes) is 1. The van der Waals surface area contributed by atoms with E-state index in [9.17, 15) is 14.4 Å². The van der Waals surface area contributed by atoms with Crippen LogP contribution in [0.4, 0.5) is 4.79 Å². The second-order valence-electron chi connectivity index (χ2n) is 5.20. The standard InChI is InChI=1S/C13H21N7O3/c1-20(10(21)6-8(15)4-2-3-5-14)9-7-17-13(18-11(9)22)19-12(16)23/h8-9H,2-4,6-7,15H2,1H3,(H4,16,17,18,19,22,23)/t8-,9-/m0/s1. The van der Waals surface area contributed by atoms with Gasteiger partial charge in [0.1, 0.15) is 6.04 Å². The van der Waals surface area contributed by atoms with Gasteiger partial charge in [-0.25, -0.2) is 9.79 Å². The number of nitrogens with zero attached hydrogens (tertiary/aromatic N) is 3.